The first-order chi connectivity index (χ1) is 10.7. The van der Waals surface area contributed by atoms with Gasteiger partial charge in [-0.3, -0.25) is 4.57 Å². The fraction of sp³-hybridized carbons (Fsp3) is 0.294. The summed E-state index contributed by atoms with van der Waals surface area (Å²) in [6, 6.07) is 8.18. The monoisotopic (exact) mass is 296 g/mol. The largest absolute Gasteiger partial charge is 0.358 e. The molecule has 2 heterocycles. The van der Waals surface area contributed by atoms with Crippen molar-refractivity contribution in [1.29, 1.82) is 0 Å². The molecule has 0 spiro atoms. The van der Waals surface area contributed by atoms with Crippen LogP contribution in [0.2, 0.25) is 0 Å². The molecule has 0 atom stereocenters. The molecule has 0 unspecified atom stereocenters. The maximum absolute atomic E-state index is 11.9. The maximum Gasteiger partial charge on any atom is 0.326 e. The molecule has 2 aromatic heterocycles. The number of benzene rings is 1. The van der Waals surface area contributed by atoms with E-state index in [9.17, 15) is 4.79 Å². The van der Waals surface area contributed by atoms with E-state index in [1.54, 1.807) is 12.4 Å². The van der Waals surface area contributed by atoms with Gasteiger partial charge in [0, 0.05) is 42.0 Å². The van der Waals surface area contributed by atoms with Crippen LogP contribution in [0.3, 0.4) is 0 Å². The molecule has 0 saturated carbocycles. The van der Waals surface area contributed by atoms with E-state index in [-0.39, 0.29) is 6.03 Å². The number of nitrogens with one attached hydrogen (secondary N) is 2. The van der Waals surface area contributed by atoms with Gasteiger partial charge in [-0.15, -0.1) is 0 Å². The van der Waals surface area contributed by atoms with Gasteiger partial charge in [-0.05, 0) is 17.5 Å². The number of nitrogens with zero attached hydrogens (tertiary/aromatic N) is 2. The fourth-order valence-corrected chi connectivity index (χ4v) is 2.84. The Hall–Kier alpha value is -2.56. The molecule has 0 bridgehead atoms. The van der Waals surface area contributed by atoms with Crippen LogP contribution in [-0.2, 0) is 6.42 Å². The zero-order chi connectivity index (χ0) is 15.5. The molecule has 2 N–H and O–H groups in total. The van der Waals surface area contributed by atoms with Gasteiger partial charge in [0.25, 0.3) is 0 Å². The van der Waals surface area contributed by atoms with Crippen molar-refractivity contribution < 1.29 is 4.79 Å². The van der Waals surface area contributed by atoms with Crippen molar-refractivity contribution in [3.8, 4) is 0 Å². The number of carbonyl (C=O) groups excluding carboxylic acids is 1. The number of fused-ring (bicyclic) bond motifs is 1. The third-order valence-corrected chi connectivity index (χ3v) is 3.80. The van der Waals surface area contributed by atoms with E-state index in [0.717, 1.165) is 11.9 Å². The van der Waals surface area contributed by atoms with Gasteiger partial charge in [0.05, 0.1) is 0 Å². The van der Waals surface area contributed by atoms with Crippen molar-refractivity contribution in [2.75, 3.05) is 6.54 Å². The summed E-state index contributed by atoms with van der Waals surface area (Å²) < 4.78 is 1.44. The third-order valence-electron chi connectivity index (χ3n) is 3.80. The highest BCUT2D eigenvalue weighted by molar-refractivity contribution is 5.85. The van der Waals surface area contributed by atoms with Gasteiger partial charge in [0.2, 0.25) is 0 Å². The molecule has 22 heavy (non-hydrogen) atoms. The minimum Gasteiger partial charge on any atom is -0.358 e. The number of hydrogen-bond acceptors (Lipinski definition) is 2. The Morgan fingerprint density at radius 1 is 1.36 bits per heavy atom. The zero-order valence-corrected chi connectivity index (χ0v) is 12.8. The van der Waals surface area contributed by atoms with Crippen molar-refractivity contribution in [2.45, 2.75) is 26.2 Å². The van der Waals surface area contributed by atoms with Crippen molar-refractivity contribution >= 4 is 16.9 Å². The molecule has 0 aliphatic rings. The number of rotatable bonds is 4. The summed E-state index contributed by atoms with van der Waals surface area (Å²) >= 11 is 0. The van der Waals surface area contributed by atoms with Gasteiger partial charge in [-0.2, -0.15) is 0 Å². The summed E-state index contributed by atoms with van der Waals surface area (Å²) in [5.41, 5.74) is 3.69. The van der Waals surface area contributed by atoms with Crippen LogP contribution in [0.5, 0.6) is 0 Å². The Labute approximate surface area is 129 Å². The second-order valence-electron chi connectivity index (χ2n) is 5.67. The average molecular weight is 296 g/mol. The minimum atomic E-state index is -0.153. The summed E-state index contributed by atoms with van der Waals surface area (Å²) in [5, 5.41) is 4.18. The number of amides is 1. The van der Waals surface area contributed by atoms with E-state index in [1.165, 1.54) is 27.5 Å². The van der Waals surface area contributed by atoms with Crippen molar-refractivity contribution in [2.24, 2.45) is 0 Å². The van der Waals surface area contributed by atoms with Crippen LogP contribution < -0.4 is 5.32 Å². The lowest BCUT2D eigenvalue weighted by Gasteiger charge is -2.09. The molecular weight excluding hydrogens is 276 g/mol. The van der Waals surface area contributed by atoms with Crippen LogP contribution in [0.4, 0.5) is 4.79 Å². The Bertz CT molecular complexity index is 771. The highest BCUT2D eigenvalue weighted by Crippen LogP contribution is 2.29. The number of aromatic amines is 1. The predicted molar refractivity (Wildman–Crippen MR) is 87.1 cm³/mol. The lowest BCUT2D eigenvalue weighted by Crippen LogP contribution is -2.29. The highest BCUT2D eigenvalue weighted by Gasteiger charge is 2.14. The Morgan fingerprint density at radius 2 is 2.18 bits per heavy atom. The zero-order valence-electron chi connectivity index (χ0n) is 12.8. The van der Waals surface area contributed by atoms with E-state index in [4.69, 9.17) is 0 Å². The minimum absolute atomic E-state index is 0.153. The first-order valence-corrected chi connectivity index (χ1v) is 7.52. The number of hydrogen-bond donors (Lipinski definition) is 2. The number of imidazole rings is 1. The van der Waals surface area contributed by atoms with E-state index in [0.29, 0.717) is 12.5 Å². The summed E-state index contributed by atoms with van der Waals surface area (Å²) in [6.07, 6.45) is 5.51. The molecule has 3 aromatic rings. The Kier molecular flexibility index (Phi) is 3.96. The lowest BCUT2D eigenvalue weighted by atomic mass is 9.98. The van der Waals surface area contributed by atoms with Gasteiger partial charge in [0.15, 0.2) is 0 Å². The molecule has 0 aliphatic heterocycles. The van der Waals surface area contributed by atoms with Crippen molar-refractivity contribution in [3.63, 3.8) is 0 Å². The molecule has 0 aliphatic carbocycles. The molecule has 5 nitrogen and oxygen atoms in total. The number of carbonyl (C=O) groups is 1. The van der Waals surface area contributed by atoms with Crippen molar-refractivity contribution in [3.05, 3.63) is 54.2 Å². The standard InChI is InChI=1S/C17H20N4O/c1-12(2)16-13-5-3-4-6-14(13)20-15(16)7-8-19-17(22)21-10-9-18-11-21/h3-6,9-12,20H,7-8H2,1-2H3,(H,19,22). The Balaban J connectivity index is 1.74. The second kappa shape index (κ2) is 6.05. The van der Waals surface area contributed by atoms with E-state index in [2.05, 4.69) is 47.3 Å². The highest BCUT2D eigenvalue weighted by atomic mass is 16.2. The number of H-pyrrole nitrogens is 1. The van der Waals surface area contributed by atoms with Crippen LogP contribution >= 0.6 is 0 Å². The van der Waals surface area contributed by atoms with Crippen molar-refractivity contribution in [1.82, 2.24) is 19.9 Å². The van der Waals surface area contributed by atoms with Crippen LogP contribution in [0.1, 0.15) is 31.0 Å². The molecule has 0 fully saturated rings. The van der Waals surface area contributed by atoms with Gasteiger partial charge >= 0.3 is 6.03 Å². The van der Waals surface area contributed by atoms with E-state index < -0.39 is 0 Å². The smallest absolute Gasteiger partial charge is 0.326 e. The topological polar surface area (TPSA) is 62.7 Å². The quantitative estimate of drug-likeness (QED) is 0.776. The van der Waals surface area contributed by atoms with Crippen LogP contribution in [0.15, 0.2) is 43.0 Å². The summed E-state index contributed by atoms with van der Waals surface area (Å²) in [7, 11) is 0. The number of aromatic nitrogens is 3. The van der Waals surface area contributed by atoms with E-state index in [1.807, 2.05) is 6.07 Å². The van der Waals surface area contributed by atoms with Gasteiger partial charge in [-0.25, -0.2) is 9.78 Å². The fourth-order valence-electron chi connectivity index (χ4n) is 2.84. The van der Waals surface area contributed by atoms with Crippen LogP contribution in [0, 0.1) is 0 Å². The first-order valence-electron chi connectivity index (χ1n) is 7.52. The first kappa shape index (κ1) is 14.4. The van der Waals surface area contributed by atoms with Crippen LogP contribution in [-0.4, -0.2) is 27.1 Å². The lowest BCUT2D eigenvalue weighted by molar-refractivity contribution is 0.242. The van der Waals surface area contributed by atoms with Gasteiger partial charge in [0.1, 0.15) is 6.33 Å². The van der Waals surface area contributed by atoms with Gasteiger partial charge in [-0.1, -0.05) is 32.0 Å². The maximum atomic E-state index is 11.9. The summed E-state index contributed by atoms with van der Waals surface area (Å²) in [4.78, 5) is 19.2. The number of para-hydroxylation sites is 1. The molecule has 1 aromatic carbocycles. The summed E-state index contributed by atoms with van der Waals surface area (Å²) in [5.74, 6) is 0.440. The summed E-state index contributed by atoms with van der Waals surface area (Å²) in [6.45, 7) is 4.98. The molecule has 5 heteroatoms. The van der Waals surface area contributed by atoms with E-state index >= 15 is 0 Å². The van der Waals surface area contributed by atoms with Crippen LogP contribution in [0.25, 0.3) is 10.9 Å². The van der Waals surface area contributed by atoms with Gasteiger partial charge < -0.3 is 10.3 Å². The second-order valence-corrected chi connectivity index (χ2v) is 5.67. The SMILES string of the molecule is CC(C)c1c(CCNC(=O)n2ccnc2)[nH]c2ccccc12. The average Bonchev–Trinajstić information content (AvgIpc) is 3.14. The molecule has 114 valence electrons. The molecule has 0 radical (unpaired) electrons. The molecular formula is C17H20N4O. The predicted octanol–water partition coefficient (Wildman–Crippen LogP) is 3.29. The molecule has 1 amide bonds. The normalized spacial score (nSPS) is 11.2. The Morgan fingerprint density at radius 3 is 2.91 bits per heavy atom. The molecule has 3 rings (SSSR count). The molecule has 0 saturated heterocycles. The third kappa shape index (κ3) is 2.74.